The van der Waals surface area contributed by atoms with Gasteiger partial charge in [0.25, 0.3) is 0 Å². The van der Waals surface area contributed by atoms with Crippen LogP contribution in [0, 0.1) is 11.3 Å². The van der Waals surface area contributed by atoms with Crippen molar-refractivity contribution in [2.75, 3.05) is 0 Å². The van der Waals surface area contributed by atoms with Crippen LogP contribution >= 0.6 is 23.2 Å². The third kappa shape index (κ3) is 1.62. The van der Waals surface area contributed by atoms with E-state index in [2.05, 4.69) is 26.0 Å². The summed E-state index contributed by atoms with van der Waals surface area (Å²) in [5.74, 6) is 0.410. The minimum atomic E-state index is -0.335. The first-order valence-corrected chi connectivity index (χ1v) is 4.59. The lowest BCUT2D eigenvalue weighted by atomic mass is 9.77. The SMILES string of the molecule is CC1C=CC=CC1(C)C(Cl)Cl. The fourth-order valence-corrected chi connectivity index (χ4v) is 1.67. The summed E-state index contributed by atoms with van der Waals surface area (Å²) < 4.78 is 0. The van der Waals surface area contributed by atoms with Gasteiger partial charge in [-0.05, 0) is 5.92 Å². The van der Waals surface area contributed by atoms with Crippen LogP contribution in [0.3, 0.4) is 0 Å². The van der Waals surface area contributed by atoms with E-state index in [0.717, 1.165) is 0 Å². The van der Waals surface area contributed by atoms with Crippen LogP contribution < -0.4 is 0 Å². The summed E-state index contributed by atoms with van der Waals surface area (Å²) in [5, 5.41) is 0. The molecule has 2 unspecified atom stereocenters. The lowest BCUT2D eigenvalue weighted by Crippen LogP contribution is -2.29. The molecule has 2 atom stereocenters. The molecule has 1 rings (SSSR count). The van der Waals surface area contributed by atoms with Crippen molar-refractivity contribution in [3.8, 4) is 0 Å². The number of hydrogen-bond donors (Lipinski definition) is 0. The summed E-state index contributed by atoms with van der Waals surface area (Å²) in [5.41, 5.74) is -0.0993. The molecule has 0 bridgehead atoms. The van der Waals surface area contributed by atoms with Gasteiger partial charge in [0.1, 0.15) is 4.84 Å². The van der Waals surface area contributed by atoms with Gasteiger partial charge in [-0.3, -0.25) is 0 Å². The second-order valence-corrected chi connectivity index (χ2v) is 4.30. The number of allylic oxidation sites excluding steroid dienone is 4. The summed E-state index contributed by atoms with van der Waals surface area (Å²) in [4.78, 5) is -0.335. The Morgan fingerprint density at radius 2 is 2.00 bits per heavy atom. The van der Waals surface area contributed by atoms with Gasteiger partial charge in [-0.1, -0.05) is 38.2 Å². The van der Waals surface area contributed by atoms with E-state index in [1.807, 2.05) is 12.2 Å². The van der Waals surface area contributed by atoms with Crippen LogP contribution in [0.1, 0.15) is 13.8 Å². The molecule has 0 nitrogen and oxygen atoms in total. The molecule has 0 spiro atoms. The minimum Gasteiger partial charge on any atom is -0.104 e. The minimum absolute atomic E-state index is 0.0993. The fraction of sp³-hybridized carbons (Fsp3) is 0.556. The molecule has 11 heavy (non-hydrogen) atoms. The molecule has 0 radical (unpaired) electrons. The summed E-state index contributed by atoms with van der Waals surface area (Å²) in [6, 6.07) is 0. The lowest BCUT2D eigenvalue weighted by molar-refractivity contribution is 0.351. The van der Waals surface area contributed by atoms with E-state index < -0.39 is 0 Å². The highest BCUT2D eigenvalue weighted by Crippen LogP contribution is 2.40. The second kappa shape index (κ2) is 3.20. The Morgan fingerprint density at radius 3 is 2.36 bits per heavy atom. The van der Waals surface area contributed by atoms with Gasteiger partial charge in [0.05, 0.1) is 0 Å². The van der Waals surface area contributed by atoms with Gasteiger partial charge in [-0.15, -0.1) is 23.2 Å². The maximum absolute atomic E-state index is 5.87. The van der Waals surface area contributed by atoms with Crippen LogP contribution in [0.25, 0.3) is 0 Å². The first-order valence-electron chi connectivity index (χ1n) is 3.71. The molecule has 0 aromatic rings. The van der Waals surface area contributed by atoms with Crippen molar-refractivity contribution >= 4 is 23.2 Å². The number of alkyl halides is 2. The van der Waals surface area contributed by atoms with Gasteiger partial charge in [-0.25, -0.2) is 0 Å². The van der Waals surface area contributed by atoms with Crippen LogP contribution in [0.4, 0.5) is 0 Å². The number of rotatable bonds is 1. The van der Waals surface area contributed by atoms with E-state index in [-0.39, 0.29) is 10.3 Å². The molecule has 0 saturated carbocycles. The Morgan fingerprint density at radius 1 is 1.36 bits per heavy atom. The highest BCUT2D eigenvalue weighted by Gasteiger charge is 2.34. The fourth-order valence-electron chi connectivity index (χ4n) is 1.12. The molecule has 0 aromatic carbocycles. The number of halogens is 2. The van der Waals surface area contributed by atoms with Crippen LogP contribution in [-0.4, -0.2) is 4.84 Å². The van der Waals surface area contributed by atoms with Crippen LogP contribution in [0.5, 0.6) is 0 Å². The van der Waals surface area contributed by atoms with E-state index in [4.69, 9.17) is 23.2 Å². The predicted octanol–water partition coefficient (Wildman–Crippen LogP) is 3.56. The molecule has 62 valence electrons. The third-order valence-corrected chi connectivity index (χ3v) is 3.36. The standard InChI is InChI=1S/C9H12Cl2/c1-7-5-3-4-6-9(7,2)8(10)11/h3-8H,1-2H3. The van der Waals surface area contributed by atoms with Crippen molar-refractivity contribution in [2.24, 2.45) is 11.3 Å². The Balaban J connectivity index is 2.85. The molecule has 0 heterocycles. The summed E-state index contributed by atoms with van der Waals surface area (Å²) >= 11 is 11.7. The zero-order valence-corrected chi connectivity index (χ0v) is 8.23. The lowest BCUT2D eigenvalue weighted by Gasteiger charge is -2.33. The molecule has 0 N–H and O–H groups in total. The molecule has 0 aliphatic heterocycles. The maximum Gasteiger partial charge on any atom is 0.117 e. The zero-order chi connectivity index (χ0) is 8.48. The second-order valence-electron chi connectivity index (χ2n) is 3.20. The van der Waals surface area contributed by atoms with Gasteiger partial charge >= 0.3 is 0 Å². The van der Waals surface area contributed by atoms with E-state index in [1.54, 1.807) is 0 Å². The molecule has 0 saturated heterocycles. The maximum atomic E-state index is 5.87. The smallest absolute Gasteiger partial charge is 0.104 e. The van der Waals surface area contributed by atoms with E-state index in [9.17, 15) is 0 Å². The van der Waals surface area contributed by atoms with Gasteiger partial charge in [0.2, 0.25) is 0 Å². The molecule has 0 amide bonds. The predicted molar refractivity (Wildman–Crippen MR) is 51.0 cm³/mol. The van der Waals surface area contributed by atoms with Crippen molar-refractivity contribution in [1.29, 1.82) is 0 Å². The van der Waals surface area contributed by atoms with Gasteiger partial charge < -0.3 is 0 Å². The molecule has 0 aromatic heterocycles. The van der Waals surface area contributed by atoms with Crippen molar-refractivity contribution in [2.45, 2.75) is 18.7 Å². The normalized spacial score (nSPS) is 36.6. The average molecular weight is 191 g/mol. The first kappa shape index (κ1) is 9.15. The largest absolute Gasteiger partial charge is 0.117 e. The van der Waals surface area contributed by atoms with E-state index in [1.165, 1.54) is 0 Å². The van der Waals surface area contributed by atoms with E-state index in [0.29, 0.717) is 5.92 Å². The number of hydrogen-bond acceptors (Lipinski definition) is 0. The highest BCUT2D eigenvalue weighted by molar-refractivity contribution is 6.44. The Hall–Kier alpha value is 0.0600. The Labute approximate surface area is 77.9 Å². The Bertz CT molecular complexity index is 194. The van der Waals surface area contributed by atoms with Gasteiger partial charge in [0, 0.05) is 5.41 Å². The van der Waals surface area contributed by atoms with Crippen LogP contribution in [-0.2, 0) is 0 Å². The molecule has 1 aliphatic rings. The first-order chi connectivity index (χ1) is 5.07. The Kier molecular flexibility index (Phi) is 2.66. The van der Waals surface area contributed by atoms with Crippen molar-refractivity contribution < 1.29 is 0 Å². The van der Waals surface area contributed by atoms with Crippen LogP contribution in [0.2, 0.25) is 0 Å². The molecular weight excluding hydrogens is 179 g/mol. The summed E-state index contributed by atoms with van der Waals surface area (Å²) in [6.07, 6.45) is 8.22. The molecule has 0 fully saturated rings. The summed E-state index contributed by atoms with van der Waals surface area (Å²) in [6.45, 7) is 4.19. The quantitative estimate of drug-likeness (QED) is 0.556. The molecule has 1 aliphatic carbocycles. The topological polar surface area (TPSA) is 0 Å². The average Bonchev–Trinajstić information content (AvgIpc) is 1.95. The van der Waals surface area contributed by atoms with Crippen molar-refractivity contribution in [3.63, 3.8) is 0 Å². The van der Waals surface area contributed by atoms with E-state index >= 15 is 0 Å². The summed E-state index contributed by atoms with van der Waals surface area (Å²) in [7, 11) is 0. The molecular formula is C9H12Cl2. The van der Waals surface area contributed by atoms with Gasteiger partial charge in [0.15, 0.2) is 0 Å². The van der Waals surface area contributed by atoms with Gasteiger partial charge in [-0.2, -0.15) is 0 Å². The molecule has 2 heteroatoms. The third-order valence-electron chi connectivity index (χ3n) is 2.42. The zero-order valence-electron chi connectivity index (χ0n) is 6.72. The monoisotopic (exact) mass is 190 g/mol. The van der Waals surface area contributed by atoms with Crippen molar-refractivity contribution in [3.05, 3.63) is 24.3 Å². The van der Waals surface area contributed by atoms with Crippen LogP contribution in [0.15, 0.2) is 24.3 Å². The van der Waals surface area contributed by atoms with Crippen molar-refractivity contribution in [1.82, 2.24) is 0 Å². The highest BCUT2D eigenvalue weighted by atomic mass is 35.5.